The van der Waals surface area contributed by atoms with Crippen LogP contribution in [0.15, 0.2) is 48.5 Å². The number of para-hydroxylation sites is 2. The number of carbonyl (C=O) groups is 2. The van der Waals surface area contributed by atoms with Crippen LogP contribution in [0.5, 0.6) is 5.75 Å². The zero-order valence-electron chi connectivity index (χ0n) is 11.0. The van der Waals surface area contributed by atoms with Crippen molar-refractivity contribution in [2.45, 2.75) is 6.92 Å². The van der Waals surface area contributed by atoms with E-state index in [1.54, 1.807) is 42.5 Å². The van der Waals surface area contributed by atoms with E-state index >= 15 is 0 Å². The Balaban J connectivity index is 2.10. The standard InChI is InChI=1S/C16H13NO3/c1-2-20-14-10-6-5-9-13(14)17-15(18)11-7-3-4-8-12(11)16(17)19/h3-10H,2H2,1H3. The van der Waals surface area contributed by atoms with Crippen molar-refractivity contribution >= 4 is 17.5 Å². The first-order valence-corrected chi connectivity index (χ1v) is 6.43. The zero-order chi connectivity index (χ0) is 14.1. The summed E-state index contributed by atoms with van der Waals surface area (Å²) in [5, 5.41) is 0. The van der Waals surface area contributed by atoms with Gasteiger partial charge < -0.3 is 4.74 Å². The second-order valence-corrected chi connectivity index (χ2v) is 4.39. The van der Waals surface area contributed by atoms with Crippen LogP contribution >= 0.6 is 0 Å². The molecule has 0 bridgehead atoms. The lowest BCUT2D eigenvalue weighted by molar-refractivity contribution is 0.0925. The summed E-state index contributed by atoms with van der Waals surface area (Å²) in [6.45, 7) is 2.33. The van der Waals surface area contributed by atoms with Crippen molar-refractivity contribution < 1.29 is 14.3 Å². The molecule has 0 unspecified atom stereocenters. The average Bonchev–Trinajstić information content (AvgIpc) is 2.73. The van der Waals surface area contributed by atoms with E-state index in [-0.39, 0.29) is 11.8 Å². The fourth-order valence-corrected chi connectivity index (χ4v) is 2.33. The number of benzene rings is 2. The summed E-state index contributed by atoms with van der Waals surface area (Å²) < 4.78 is 5.50. The van der Waals surface area contributed by atoms with Crippen LogP contribution in [-0.4, -0.2) is 18.4 Å². The molecule has 2 amide bonds. The van der Waals surface area contributed by atoms with E-state index in [1.165, 1.54) is 4.90 Å². The topological polar surface area (TPSA) is 46.6 Å². The SMILES string of the molecule is CCOc1ccccc1N1C(=O)c2ccccc2C1=O. The maximum atomic E-state index is 12.4. The van der Waals surface area contributed by atoms with Gasteiger partial charge in [-0.3, -0.25) is 9.59 Å². The maximum absolute atomic E-state index is 12.4. The first kappa shape index (κ1) is 12.4. The van der Waals surface area contributed by atoms with Crippen molar-refractivity contribution in [3.8, 4) is 5.75 Å². The second-order valence-electron chi connectivity index (χ2n) is 4.39. The molecule has 1 aliphatic heterocycles. The van der Waals surface area contributed by atoms with Crippen LogP contribution < -0.4 is 9.64 Å². The number of hydrogen-bond acceptors (Lipinski definition) is 3. The Kier molecular flexibility index (Phi) is 2.99. The van der Waals surface area contributed by atoms with E-state index in [1.807, 2.05) is 13.0 Å². The maximum Gasteiger partial charge on any atom is 0.266 e. The predicted molar refractivity (Wildman–Crippen MR) is 75.2 cm³/mol. The van der Waals surface area contributed by atoms with Gasteiger partial charge in [-0.1, -0.05) is 24.3 Å². The van der Waals surface area contributed by atoms with Gasteiger partial charge in [0.2, 0.25) is 0 Å². The minimum Gasteiger partial charge on any atom is -0.492 e. The second kappa shape index (κ2) is 4.81. The molecule has 0 atom stereocenters. The average molecular weight is 267 g/mol. The Morgan fingerprint density at radius 3 is 2.05 bits per heavy atom. The van der Waals surface area contributed by atoms with Crippen LogP contribution in [0.3, 0.4) is 0 Å². The number of fused-ring (bicyclic) bond motifs is 1. The highest BCUT2D eigenvalue weighted by Crippen LogP contribution is 2.34. The highest BCUT2D eigenvalue weighted by atomic mass is 16.5. The van der Waals surface area contributed by atoms with Gasteiger partial charge in [0.15, 0.2) is 0 Å². The number of rotatable bonds is 3. The molecule has 0 radical (unpaired) electrons. The van der Waals surface area contributed by atoms with E-state index in [4.69, 9.17) is 4.74 Å². The number of hydrogen-bond donors (Lipinski definition) is 0. The summed E-state index contributed by atoms with van der Waals surface area (Å²) in [6, 6.07) is 13.9. The van der Waals surface area contributed by atoms with Gasteiger partial charge in [-0.2, -0.15) is 0 Å². The van der Waals surface area contributed by atoms with E-state index in [9.17, 15) is 9.59 Å². The Morgan fingerprint density at radius 2 is 1.45 bits per heavy atom. The smallest absolute Gasteiger partial charge is 0.266 e. The molecule has 1 aliphatic rings. The first-order chi connectivity index (χ1) is 9.74. The Morgan fingerprint density at radius 1 is 0.900 bits per heavy atom. The molecular weight excluding hydrogens is 254 g/mol. The molecule has 0 saturated heterocycles. The summed E-state index contributed by atoms with van der Waals surface area (Å²) in [7, 11) is 0. The molecule has 0 aliphatic carbocycles. The molecule has 0 fully saturated rings. The number of nitrogens with zero attached hydrogens (tertiary/aromatic N) is 1. The molecule has 0 spiro atoms. The van der Waals surface area contributed by atoms with E-state index in [2.05, 4.69) is 0 Å². The lowest BCUT2D eigenvalue weighted by Gasteiger charge is -2.17. The van der Waals surface area contributed by atoms with Crippen LogP contribution in [0.2, 0.25) is 0 Å². The van der Waals surface area contributed by atoms with Gasteiger partial charge in [0, 0.05) is 0 Å². The Labute approximate surface area is 116 Å². The molecule has 0 aromatic heterocycles. The van der Waals surface area contributed by atoms with Crippen LogP contribution in [0, 0.1) is 0 Å². The van der Waals surface area contributed by atoms with E-state index in [0.717, 1.165) is 0 Å². The predicted octanol–water partition coefficient (Wildman–Crippen LogP) is 2.89. The molecule has 2 aromatic rings. The highest BCUT2D eigenvalue weighted by molar-refractivity contribution is 6.34. The van der Waals surface area contributed by atoms with Gasteiger partial charge in [-0.25, -0.2) is 4.90 Å². The van der Waals surface area contributed by atoms with Crippen LogP contribution in [0.25, 0.3) is 0 Å². The normalized spacial score (nSPS) is 13.6. The van der Waals surface area contributed by atoms with Crippen molar-refractivity contribution in [2.75, 3.05) is 11.5 Å². The van der Waals surface area contributed by atoms with E-state index < -0.39 is 0 Å². The van der Waals surface area contributed by atoms with E-state index in [0.29, 0.717) is 29.2 Å². The van der Waals surface area contributed by atoms with Crippen LogP contribution in [0.4, 0.5) is 5.69 Å². The lowest BCUT2D eigenvalue weighted by Crippen LogP contribution is -2.29. The number of anilines is 1. The molecule has 20 heavy (non-hydrogen) atoms. The molecule has 4 heteroatoms. The van der Waals surface area contributed by atoms with Gasteiger partial charge in [-0.05, 0) is 31.2 Å². The minimum absolute atomic E-state index is 0.308. The monoisotopic (exact) mass is 267 g/mol. The number of ether oxygens (including phenoxy) is 1. The largest absolute Gasteiger partial charge is 0.492 e. The Bertz CT molecular complexity index is 659. The van der Waals surface area contributed by atoms with Gasteiger partial charge >= 0.3 is 0 Å². The third kappa shape index (κ3) is 1.77. The van der Waals surface area contributed by atoms with Crippen molar-refractivity contribution in [1.29, 1.82) is 0 Å². The third-order valence-electron chi connectivity index (χ3n) is 3.20. The molecule has 0 saturated carbocycles. The van der Waals surface area contributed by atoms with Crippen molar-refractivity contribution in [3.63, 3.8) is 0 Å². The van der Waals surface area contributed by atoms with Gasteiger partial charge in [-0.15, -0.1) is 0 Å². The van der Waals surface area contributed by atoms with Gasteiger partial charge in [0.1, 0.15) is 5.75 Å². The summed E-state index contributed by atoms with van der Waals surface area (Å²) in [5.41, 5.74) is 1.35. The molecule has 0 N–H and O–H groups in total. The third-order valence-corrected chi connectivity index (χ3v) is 3.20. The first-order valence-electron chi connectivity index (χ1n) is 6.43. The van der Waals surface area contributed by atoms with Crippen molar-refractivity contribution in [1.82, 2.24) is 0 Å². The minimum atomic E-state index is -0.308. The van der Waals surface area contributed by atoms with Crippen LogP contribution in [0.1, 0.15) is 27.6 Å². The van der Waals surface area contributed by atoms with Crippen LogP contribution in [-0.2, 0) is 0 Å². The fourth-order valence-electron chi connectivity index (χ4n) is 2.33. The van der Waals surface area contributed by atoms with Gasteiger partial charge in [0.05, 0.1) is 23.4 Å². The van der Waals surface area contributed by atoms with Crippen molar-refractivity contribution in [2.24, 2.45) is 0 Å². The summed E-state index contributed by atoms with van der Waals surface area (Å²) >= 11 is 0. The number of carbonyl (C=O) groups excluding carboxylic acids is 2. The molecule has 4 nitrogen and oxygen atoms in total. The number of amides is 2. The molecular formula is C16H13NO3. The molecule has 1 heterocycles. The number of imide groups is 1. The van der Waals surface area contributed by atoms with Gasteiger partial charge in [0.25, 0.3) is 11.8 Å². The zero-order valence-corrected chi connectivity index (χ0v) is 11.0. The summed E-state index contributed by atoms with van der Waals surface area (Å²) in [6.07, 6.45) is 0. The summed E-state index contributed by atoms with van der Waals surface area (Å²) in [4.78, 5) is 26.0. The molecule has 100 valence electrons. The highest BCUT2D eigenvalue weighted by Gasteiger charge is 2.37. The quantitative estimate of drug-likeness (QED) is 0.803. The fraction of sp³-hybridized carbons (Fsp3) is 0.125. The van der Waals surface area contributed by atoms with Crippen molar-refractivity contribution in [3.05, 3.63) is 59.7 Å². The molecule has 3 rings (SSSR count). The lowest BCUT2D eigenvalue weighted by atomic mass is 10.1. The summed E-state index contributed by atoms with van der Waals surface area (Å²) in [5.74, 6) is -0.0833. The Hall–Kier alpha value is -2.62. The molecule has 2 aromatic carbocycles.